The Morgan fingerprint density at radius 1 is 0.947 bits per heavy atom. The van der Waals surface area contributed by atoms with E-state index in [0.717, 1.165) is 5.56 Å². The van der Waals surface area contributed by atoms with Gasteiger partial charge >= 0.3 is 0 Å². The number of rotatable bonds is 4. The lowest BCUT2D eigenvalue weighted by atomic mass is 10.2. The van der Waals surface area contributed by atoms with Gasteiger partial charge in [0.2, 0.25) is 0 Å². The fraction of sp³-hybridized carbons (Fsp3) is 0.0667. The van der Waals surface area contributed by atoms with Crippen molar-refractivity contribution in [3.05, 3.63) is 76.2 Å². The van der Waals surface area contributed by atoms with Crippen LogP contribution in [0.15, 0.2) is 60.0 Å². The molecule has 19 heavy (non-hydrogen) atoms. The smallest absolute Gasteiger partial charge is 0.175 e. The lowest BCUT2D eigenvalue weighted by molar-refractivity contribution is 0.604. The molecule has 0 aromatic heterocycles. The van der Waals surface area contributed by atoms with E-state index in [1.165, 1.54) is 5.41 Å². The molecule has 0 aliphatic rings. The van der Waals surface area contributed by atoms with Crippen LogP contribution in [0.2, 0.25) is 5.02 Å². The Balaban J connectivity index is 2.16. The number of hydrogen-bond acceptors (Lipinski definition) is 2. The van der Waals surface area contributed by atoms with Crippen molar-refractivity contribution < 1.29 is 8.42 Å². The Morgan fingerprint density at radius 2 is 1.58 bits per heavy atom. The quantitative estimate of drug-likeness (QED) is 0.856. The topological polar surface area (TPSA) is 34.1 Å². The molecule has 0 aliphatic heterocycles. The van der Waals surface area contributed by atoms with Gasteiger partial charge in [-0.3, -0.25) is 0 Å². The van der Waals surface area contributed by atoms with E-state index in [9.17, 15) is 8.42 Å². The van der Waals surface area contributed by atoms with E-state index in [-0.39, 0.29) is 5.75 Å². The van der Waals surface area contributed by atoms with Gasteiger partial charge in [-0.2, -0.15) is 0 Å². The average molecular weight is 293 g/mol. The van der Waals surface area contributed by atoms with Gasteiger partial charge in [0.05, 0.1) is 5.75 Å². The van der Waals surface area contributed by atoms with Gasteiger partial charge in [-0.15, -0.1) is 0 Å². The van der Waals surface area contributed by atoms with E-state index in [1.54, 1.807) is 30.3 Å². The molecule has 0 aliphatic carbocycles. The van der Waals surface area contributed by atoms with Gasteiger partial charge in [0, 0.05) is 10.4 Å². The average Bonchev–Trinajstić information content (AvgIpc) is 2.40. The Labute approximate surface area is 118 Å². The molecular formula is C15H13ClO2S. The van der Waals surface area contributed by atoms with Crippen molar-refractivity contribution >= 4 is 27.5 Å². The highest BCUT2D eigenvalue weighted by molar-refractivity contribution is 7.93. The first kappa shape index (κ1) is 13.8. The third kappa shape index (κ3) is 4.23. The monoisotopic (exact) mass is 292 g/mol. The van der Waals surface area contributed by atoms with Crippen LogP contribution in [0.25, 0.3) is 6.08 Å². The summed E-state index contributed by atoms with van der Waals surface area (Å²) < 4.78 is 24.0. The molecule has 4 heteroatoms. The fourth-order valence-electron chi connectivity index (χ4n) is 1.63. The number of sulfone groups is 1. The lowest BCUT2D eigenvalue weighted by Crippen LogP contribution is -2.00. The number of halogens is 1. The first-order chi connectivity index (χ1) is 9.07. The van der Waals surface area contributed by atoms with Crippen molar-refractivity contribution in [3.8, 4) is 0 Å². The SMILES string of the molecule is O=S(=O)(/C=C\c1ccccc1)Cc1ccccc1Cl. The van der Waals surface area contributed by atoms with Crippen LogP contribution in [-0.4, -0.2) is 8.42 Å². The van der Waals surface area contributed by atoms with E-state index in [1.807, 2.05) is 30.3 Å². The maximum absolute atomic E-state index is 12.0. The molecule has 0 fully saturated rings. The Kier molecular flexibility index (Phi) is 4.40. The molecule has 0 atom stereocenters. The molecule has 2 aromatic carbocycles. The van der Waals surface area contributed by atoms with Crippen molar-refractivity contribution in [2.75, 3.05) is 0 Å². The molecule has 0 spiro atoms. The van der Waals surface area contributed by atoms with Crippen molar-refractivity contribution in [1.82, 2.24) is 0 Å². The fourth-order valence-corrected chi connectivity index (χ4v) is 3.05. The molecule has 0 saturated heterocycles. The van der Waals surface area contributed by atoms with E-state index < -0.39 is 9.84 Å². The predicted molar refractivity (Wildman–Crippen MR) is 79.6 cm³/mol. The summed E-state index contributed by atoms with van der Waals surface area (Å²) in [5.41, 5.74) is 1.46. The molecular weight excluding hydrogens is 280 g/mol. The lowest BCUT2D eigenvalue weighted by Gasteiger charge is -2.02. The van der Waals surface area contributed by atoms with Gasteiger partial charge in [0.25, 0.3) is 0 Å². The van der Waals surface area contributed by atoms with Crippen LogP contribution in [-0.2, 0) is 15.6 Å². The van der Waals surface area contributed by atoms with Gasteiger partial charge in [0.1, 0.15) is 0 Å². The first-order valence-corrected chi connectivity index (χ1v) is 7.85. The second-order valence-electron chi connectivity index (χ2n) is 4.11. The minimum atomic E-state index is -3.32. The molecule has 0 heterocycles. The maximum atomic E-state index is 12.0. The van der Waals surface area contributed by atoms with Gasteiger partial charge in [-0.25, -0.2) is 8.42 Å². The second-order valence-corrected chi connectivity index (χ2v) is 6.41. The molecule has 2 rings (SSSR count). The third-order valence-electron chi connectivity index (χ3n) is 2.58. The van der Waals surface area contributed by atoms with Crippen LogP contribution >= 0.6 is 11.6 Å². The van der Waals surface area contributed by atoms with Crippen LogP contribution in [0.5, 0.6) is 0 Å². The summed E-state index contributed by atoms with van der Waals surface area (Å²) in [6.07, 6.45) is 1.59. The molecule has 0 unspecified atom stereocenters. The molecule has 2 nitrogen and oxygen atoms in total. The molecule has 0 saturated carbocycles. The Morgan fingerprint density at radius 3 is 2.26 bits per heavy atom. The summed E-state index contributed by atoms with van der Waals surface area (Å²) in [7, 11) is -3.32. The summed E-state index contributed by atoms with van der Waals surface area (Å²) >= 11 is 5.96. The Hall–Kier alpha value is -1.58. The summed E-state index contributed by atoms with van der Waals surface area (Å²) in [5, 5.41) is 1.70. The van der Waals surface area contributed by atoms with Crippen LogP contribution in [0, 0.1) is 0 Å². The van der Waals surface area contributed by atoms with Crippen molar-refractivity contribution in [2.24, 2.45) is 0 Å². The highest BCUT2D eigenvalue weighted by atomic mass is 35.5. The largest absolute Gasteiger partial charge is 0.224 e. The van der Waals surface area contributed by atoms with E-state index in [4.69, 9.17) is 11.6 Å². The maximum Gasteiger partial charge on any atom is 0.175 e. The van der Waals surface area contributed by atoms with Gasteiger partial charge in [0.15, 0.2) is 9.84 Å². The molecule has 2 aromatic rings. The number of hydrogen-bond donors (Lipinski definition) is 0. The Bertz CT molecular complexity index is 676. The zero-order valence-electron chi connectivity index (χ0n) is 10.2. The molecule has 0 amide bonds. The van der Waals surface area contributed by atoms with Crippen LogP contribution in [0.1, 0.15) is 11.1 Å². The van der Waals surface area contributed by atoms with E-state index in [2.05, 4.69) is 0 Å². The summed E-state index contributed by atoms with van der Waals surface area (Å²) in [5.74, 6) is -0.0873. The standard InChI is InChI=1S/C15H13ClO2S/c16-15-9-5-4-8-14(15)12-19(17,18)11-10-13-6-2-1-3-7-13/h1-11H,12H2/b11-10-. The van der Waals surface area contributed by atoms with Gasteiger partial charge in [-0.05, 0) is 23.3 Å². The molecule has 98 valence electrons. The minimum Gasteiger partial charge on any atom is -0.224 e. The van der Waals surface area contributed by atoms with Gasteiger partial charge < -0.3 is 0 Å². The predicted octanol–water partition coefficient (Wildman–Crippen LogP) is 3.93. The van der Waals surface area contributed by atoms with Gasteiger partial charge in [-0.1, -0.05) is 60.1 Å². The second kappa shape index (κ2) is 6.04. The van der Waals surface area contributed by atoms with E-state index >= 15 is 0 Å². The molecule has 0 bridgehead atoms. The van der Waals surface area contributed by atoms with Crippen LogP contribution in [0.4, 0.5) is 0 Å². The highest BCUT2D eigenvalue weighted by Crippen LogP contribution is 2.18. The minimum absolute atomic E-state index is 0.0873. The molecule has 0 N–H and O–H groups in total. The van der Waals surface area contributed by atoms with Crippen LogP contribution in [0.3, 0.4) is 0 Å². The third-order valence-corrected chi connectivity index (χ3v) is 4.21. The number of benzene rings is 2. The zero-order chi connectivity index (χ0) is 13.7. The van der Waals surface area contributed by atoms with E-state index in [0.29, 0.717) is 10.6 Å². The van der Waals surface area contributed by atoms with Crippen LogP contribution < -0.4 is 0 Å². The summed E-state index contributed by atoms with van der Waals surface area (Å²) in [6, 6.07) is 16.3. The zero-order valence-corrected chi connectivity index (χ0v) is 11.7. The van der Waals surface area contributed by atoms with Crippen molar-refractivity contribution in [3.63, 3.8) is 0 Å². The molecule has 0 radical (unpaired) electrons. The van der Waals surface area contributed by atoms with Crippen molar-refractivity contribution in [1.29, 1.82) is 0 Å². The first-order valence-electron chi connectivity index (χ1n) is 5.76. The highest BCUT2D eigenvalue weighted by Gasteiger charge is 2.10. The summed E-state index contributed by atoms with van der Waals surface area (Å²) in [6.45, 7) is 0. The van der Waals surface area contributed by atoms with Crippen molar-refractivity contribution in [2.45, 2.75) is 5.75 Å². The normalized spacial score (nSPS) is 11.8. The summed E-state index contributed by atoms with van der Waals surface area (Å²) in [4.78, 5) is 0.